The molecule has 1 fully saturated rings. The maximum Gasteiger partial charge on any atom is 0.421 e. The third-order valence-electron chi connectivity index (χ3n) is 5.53. The molecule has 0 radical (unpaired) electrons. The number of ether oxygens (including phenoxy) is 1. The van der Waals surface area contributed by atoms with E-state index in [1.54, 1.807) is 18.2 Å². The summed E-state index contributed by atoms with van der Waals surface area (Å²) in [6.45, 7) is 0.268. The predicted molar refractivity (Wildman–Crippen MR) is 119 cm³/mol. The van der Waals surface area contributed by atoms with Gasteiger partial charge in [0.1, 0.15) is 11.4 Å². The van der Waals surface area contributed by atoms with Crippen molar-refractivity contribution in [2.75, 3.05) is 55.1 Å². The number of carbonyl (C=O) groups is 1. The number of anilines is 4. The number of fused-ring (bicyclic) bond motifs is 1. The maximum absolute atomic E-state index is 13.7. The molecular formula is C20H23F3N6O4S. The Balaban J connectivity index is 1.59. The molecule has 0 saturated carbocycles. The molecule has 0 spiro atoms. The summed E-state index contributed by atoms with van der Waals surface area (Å²) in [5.74, 6) is -0.501. The molecule has 1 amide bonds. The van der Waals surface area contributed by atoms with Gasteiger partial charge in [-0.2, -0.15) is 18.2 Å². The van der Waals surface area contributed by atoms with Crippen LogP contribution in [-0.2, 0) is 32.2 Å². The molecule has 0 bridgehead atoms. The van der Waals surface area contributed by atoms with Crippen molar-refractivity contribution < 1.29 is 31.1 Å². The maximum atomic E-state index is 13.7. The molecule has 1 atom stereocenters. The van der Waals surface area contributed by atoms with E-state index in [9.17, 15) is 26.4 Å². The first-order valence-electron chi connectivity index (χ1n) is 10.3. The van der Waals surface area contributed by atoms with Gasteiger partial charge in [-0.25, -0.2) is 17.7 Å². The summed E-state index contributed by atoms with van der Waals surface area (Å²) in [5, 5.41) is 5.60. The van der Waals surface area contributed by atoms with Gasteiger partial charge in [-0.1, -0.05) is 0 Å². The molecule has 2 N–H and O–H groups in total. The van der Waals surface area contributed by atoms with Gasteiger partial charge < -0.3 is 20.3 Å². The van der Waals surface area contributed by atoms with Gasteiger partial charge in [0.2, 0.25) is 21.9 Å². The normalized spacial score (nSPS) is 18.7. The molecule has 1 unspecified atom stereocenters. The lowest BCUT2D eigenvalue weighted by molar-refractivity contribution is -0.137. The van der Waals surface area contributed by atoms with Gasteiger partial charge in [0.05, 0.1) is 25.4 Å². The zero-order valence-corrected chi connectivity index (χ0v) is 19.2. The monoisotopic (exact) mass is 500 g/mol. The number of carbonyl (C=O) groups excluding carboxylic acids is 1. The van der Waals surface area contributed by atoms with Crippen LogP contribution in [0.3, 0.4) is 0 Å². The van der Waals surface area contributed by atoms with Gasteiger partial charge in [-0.05, 0) is 23.8 Å². The standard InChI is InChI=1S/C20H23F3N6O4S/c1-28(34(2,31)32)10-14-11-29(5-6-33-14)18-15(20(21,22)23)9-24-19(27-18)25-13-3-4-16-12(7-13)8-17(30)26-16/h3-4,7,9,14H,5-6,8,10-11H2,1-2H3,(H,26,30)(H,24,25,27). The molecule has 2 aromatic rings. The molecular weight excluding hydrogens is 477 g/mol. The van der Waals surface area contributed by atoms with E-state index in [2.05, 4.69) is 20.6 Å². The number of sulfonamides is 1. The van der Waals surface area contributed by atoms with Crippen LogP contribution in [0.1, 0.15) is 11.1 Å². The molecule has 2 aliphatic rings. The Labute approximate surface area is 194 Å². The topological polar surface area (TPSA) is 117 Å². The zero-order valence-electron chi connectivity index (χ0n) is 18.4. The summed E-state index contributed by atoms with van der Waals surface area (Å²) in [6.07, 6.45) is -3.35. The smallest absolute Gasteiger partial charge is 0.373 e. The summed E-state index contributed by atoms with van der Waals surface area (Å²) in [5.41, 5.74) is 0.964. The van der Waals surface area contributed by atoms with Gasteiger partial charge in [-0.15, -0.1) is 0 Å². The Hall–Kier alpha value is -2.97. The number of nitrogens with one attached hydrogen (secondary N) is 2. The molecule has 1 aromatic carbocycles. The first-order valence-corrected chi connectivity index (χ1v) is 12.2. The van der Waals surface area contributed by atoms with Crippen molar-refractivity contribution in [3.8, 4) is 0 Å². The van der Waals surface area contributed by atoms with Crippen molar-refractivity contribution in [2.24, 2.45) is 0 Å². The lowest BCUT2D eigenvalue weighted by atomic mass is 10.1. The number of hydrogen-bond acceptors (Lipinski definition) is 8. The van der Waals surface area contributed by atoms with E-state index in [1.165, 1.54) is 11.9 Å². The lowest BCUT2D eigenvalue weighted by Gasteiger charge is -2.36. The van der Waals surface area contributed by atoms with Crippen LogP contribution in [0, 0.1) is 0 Å². The van der Waals surface area contributed by atoms with Gasteiger partial charge in [0, 0.05) is 44.3 Å². The molecule has 2 aliphatic heterocycles. The Kier molecular flexibility index (Phi) is 6.40. The molecule has 4 rings (SSSR count). The Morgan fingerprint density at radius 3 is 2.82 bits per heavy atom. The number of aromatic nitrogens is 2. The summed E-state index contributed by atoms with van der Waals surface area (Å²) < 4.78 is 71.3. The van der Waals surface area contributed by atoms with Crippen molar-refractivity contribution in [3.05, 3.63) is 35.5 Å². The van der Waals surface area contributed by atoms with E-state index in [-0.39, 0.29) is 50.3 Å². The first kappa shape index (κ1) is 24.2. The van der Waals surface area contributed by atoms with E-state index in [0.29, 0.717) is 11.4 Å². The van der Waals surface area contributed by atoms with Crippen LogP contribution in [0.25, 0.3) is 0 Å². The summed E-state index contributed by atoms with van der Waals surface area (Å²) >= 11 is 0. The summed E-state index contributed by atoms with van der Waals surface area (Å²) in [7, 11) is -2.09. The third-order valence-corrected chi connectivity index (χ3v) is 6.81. The molecule has 10 nitrogen and oxygen atoms in total. The van der Waals surface area contributed by atoms with Gasteiger partial charge in [0.25, 0.3) is 0 Å². The summed E-state index contributed by atoms with van der Waals surface area (Å²) in [6, 6.07) is 5.06. The molecule has 34 heavy (non-hydrogen) atoms. The van der Waals surface area contributed by atoms with Crippen LogP contribution in [0.15, 0.2) is 24.4 Å². The van der Waals surface area contributed by atoms with Gasteiger partial charge >= 0.3 is 6.18 Å². The minimum Gasteiger partial charge on any atom is -0.373 e. The Morgan fingerprint density at radius 1 is 1.35 bits per heavy atom. The quantitative estimate of drug-likeness (QED) is 0.617. The van der Waals surface area contributed by atoms with Crippen molar-refractivity contribution in [1.82, 2.24) is 14.3 Å². The van der Waals surface area contributed by atoms with Crippen LogP contribution in [0.2, 0.25) is 0 Å². The van der Waals surface area contributed by atoms with Crippen LogP contribution in [0.4, 0.5) is 36.3 Å². The second-order valence-electron chi connectivity index (χ2n) is 8.13. The minimum atomic E-state index is -4.69. The fourth-order valence-electron chi connectivity index (χ4n) is 3.75. The van der Waals surface area contributed by atoms with E-state index >= 15 is 0 Å². The minimum absolute atomic E-state index is 0.00520. The number of alkyl halides is 3. The van der Waals surface area contributed by atoms with Crippen molar-refractivity contribution in [2.45, 2.75) is 18.7 Å². The van der Waals surface area contributed by atoms with Gasteiger partial charge in [-0.3, -0.25) is 4.79 Å². The van der Waals surface area contributed by atoms with Crippen molar-refractivity contribution in [1.29, 1.82) is 0 Å². The predicted octanol–water partition coefficient (Wildman–Crippen LogP) is 1.83. The lowest BCUT2D eigenvalue weighted by Crippen LogP contribution is -2.48. The van der Waals surface area contributed by atoms with Crippen LogP contribution >= 0.6 is 0 Å². The number of morpholine rings is 1. The first-order chi connectivity index (χ1) is 15.9. The van der Waals surface area contributed by atoms with E-state index in [1.807, 2.05) is 0 Å². The highest BCUT2D eigenvalue weighted by Gasteiger charge is 2.38. The number of rotatable bonds is 6. The van der Waals surface area contributed by atoms with Crippen LogP contribution < -0.4 is 15.5 Å². The third kappa shape index (κ3) is 5.39. The molecule has 184 valence electrons. The number of halogens is 3. The molecule has 0 aliphatic carbocycles. The van der Waals surface area contributed by atoms with Crippen molar-refractivity contribution in [3.63, 3.8) is 0 Å². The van der Waals surface area contributed by atoms with E-state index in [4.69, 9.17) is 4.74 Å². The molecule has 3 heterocycles. The molecule has 1 saturated heterocycles. The number of benzene rings is 1. The second-order valence-corrected chi connectivity index (χ2v) is 10.2. The second kappa shape index (κ2) is 9.00. The number of hydrogen-bond donors (Lipinski definition) is 2. The van der Waals surface area contributed by atoms with Crippen LogP contribution in [0.5, 0.6) is 0 Å². The largest absolute Gasteiger partial charge is 0.421 e. The average molecular weight is 501 g/mol. The Bertz CT molecular complexity index is 1210. The molecule has 14 heteroatoms. The number of likely N-dealkylation sites (N-methyl/N-ethyl adjacent to an activating group) is 1. The van der Waals surface area contributed by atoms with Crippen LogP contribution in [-0.4, -0.2) is 74.2 Å². The van der Waals surface area contributed by atoms with E-state index < -0.39 is 27.9 Å². The Morgan fingerprint density at radius 2 is 2.12 bits per heavy atom. The van der Waals surface area contributed by atoms with Gasteiger partial charge in [0.15, 0.2) is 0 Å². The van der Waals surface area contributed by atoms with E-state index in [0.717, 1.165) is 22.3 Å². The SMILES string of the molecule is CN(CC1CN(c2nc(Nc3ccc4c(c3)CC(=O)N4)ncc2C(F)(F)F)CCO1)S(C)(=O)=O. The molecule has 1 aromatic heterocycles. The highest BCUT2D eigenvalue weighted by molar-refractivity contribution is 7.88. The zero-order chi connectivity index (χ0) is 24.7. The number of nitrogens with zero attached hydrogens (tertiary/aromatic N) is 4. The number of amides is 1. The van der Waals surface area contributed by atoms with Crippen molar-refractivity contribution >= 4 is 39.1 Å². The highest BCUT2D eigenvalue weighted by atomic mass is 32.2. The average Bonchev–Trinajstić information content (AvgIpc) is 3.11. The highest BCUT2D eigenvalue weighted by Crippen LogP contribution is 2.36. The fraction of sp³-hybridized carbons (Fsp3) is 0.450. The summed E-state index contributed by atoms with van der Waals surface area (Å²) in [4.78, 5) is 21.0. The fourth-order valence-corrected chi connectivity index (χ4v) is 4.19.